The second-order valence-corrected chi connectivity index (χ2v) is 10.2. The molecule has 0 radical (unpaired) electrons. The minimum Gasteiger partial charge on any atom is -0.342 e. The first-order valence-corrected chi connectivity index (χ1v) is 14.1. The van der Waals surface area contributed by atoms with Crippen molar-refractivity contribution >= 4 is 12.0 Å². The summed E-state index contributed by atoms with van der Waals surface area (Å²) in [5.74, 6) is 0.0455. The number of nitrogens with zero attached hydrogens (tertiary/aromatic N) is 4. The van der Waals surface area contributed by atoms with E-state index in [1.807, 2.05) is 36.4 Å². The van der Waals surface area contributed by atoms with Crippen molar-refractivity contribution < 1.29 is 4.79 Å². The van der Waals surface area contributed by atoms with E-state index in [4.69, 9.17) is 0 Å². The molecule has 5 nitrogen and oxygen atoms in total. The van der Waals surface area contributed by atoms with Gasteiger partial charge in [0.25, 0.3) is 0 Å². The summed E-state index contributed by atoms with van der Waals surface area (Å²) < 4.78 is 0. The molecule has 3 aromatic rings. The average Bonchev–Trinajstić information content (AvgIpc) is 2.97. The van der Waals surface area contributed by atoms with E-state index in [9.17, 15) is 4.79 Å². The van der Waals surface area contributed by atoms with Crippen molar-refractivity contribution in [3.8, 4) is 0 Å². The highest BCUT2D eigenvalue weighted by Crippen LogP contribution is 2.29. The number of pyridine rings is 1. The summed E-state index contributed by atoms with van der Waals surface area (Å²) in [6.45, 7) is 8.30. The van der Waals surface area contributed by atoms with E-state index in [-0.39, 0.29) is 5.91 Å². The molecule has 0 unspecified atom stereocenters. The lowest BCUT2D eigenvalue weighted by Crippen LogP contribution is -2.48. The number of carbonyl (C=O) groups excluding carboxylic acids is 1. The molecular formula is C33H42N4O. The summed E-state index contributed by atoms with van der Waals surface area (Å²) in [4.78, 5) is 24.0. The van der Waals surface area contributed by atoms with Gasteiger partial charge in [-0.2, -0.15) is 0 Å². The highest BCUT2D eigenvalue weighted by atomic mass is 16.2. The predicted molar refractivity (Wildman–Crippen MR) is 157 cm³/mol. The Morgan fingerprint density at radius 1 is 0.921 bits per heavy atom. The first-order chi connectivity index (χ1) is 18.6. The normalized spacial score (nSPS) is 14.8. The standard InChI is InChI=1S/C33H42N4O/c1-3-12-31-19-17-28(27-34-31)18-20-32(38)35(2)21-10-11-22-36-23-25-37(26-24-36)33(29-13-6-4-7-14-29)30-15-8-5-9-16-30/h4-9,13-20,27,33H,3,10-12,21-26H2,1-2H3/b20-18+. The molecule has 38 heavy (non-hydrogen) atoms. The number of unbranched alkanes of at least 4 members (excludes halogenated alkanes) is 1. The summed E-state index contributed by atoms with van der Waals surface area (Å²) in [6.07, 6.45) is 9.56. The Morgan fingerprint density at radius 2 is 1.58 bits per heavy atom. The highest BCUT2D eigenvalue weighted by Gasteiger charge is 2.26. The first-order valence-electron chi connectivity index (χ1n) is 14.1. The zero-order chi connectivity index (χ0) is 26.6. The molecule has 5 heteroatoms. The summed E-state index contributed by atoms with van der Waals surface area (Å²) in [5, 5.41) is 0. The minimum absolute atomic E-state index is 0.0455. The lowest BCUT2D eigenvalue weighted by atomic mass is 9.96. The number of likely N-dealkylation sites (N-methyl/N-ethyl adjacent to an activating group) is 1. The molecular weight excluding hydrogens is 468 g/mol. The zero-order valence-corrected chi connectivity index (χ0v) is 23.0. The van der Waals surface area contributed by atoms with E-state index in [1.54, 1.807) is 6.08 Å². The van der Waals surface area contributed by atoms with Gasteiger partial charge in [0.15, 0.2) is 0 Å². The molecule has 2 heterocycles. The van der Waals surface area contributed by atoms with Crippen molar-refractivity contribution in [1.82, 2.24) is 19.7 Å². The van der Waals surface area contributed by atoms with Crippen molar-refractivity contribution in [1.29, 1.82) is 0 Å². The molecule has 0 aliphatic carbocycles. The highest BCUT2D eigenvalue weighted by molar-refractivity contribution is 5.91. The van der Waals surface area contributed by atoms with E-state index >= 15 is 0 Å². The molecule has 1 fully saturated rings. The third-order valence-electron chi connectivity index (χ3n) is 7.37. The van der Waals surface area contributed by atoms with Gasteiger partial charge < -0.3 is 9.80 Å². The molecule has 2 aromatic carbocycles. The van der Waals surface area contributed by atoms with Gasteiger partial charge in [-0.05, 0) is 54.6 Å². The second-order valence-electron chi connectivity index (χ2n) is 10.2. The third-order valence-corrected chi connectivity index (χ3v) is 7.37. The maximum absolute atomic E-state index is 12.5. The average molecular weight is 511 g/mol. The number of rotatable bonds is 12. The Kier molecular flexibility index (Phi) is 10.7. The van der Waals surface area contributed by atoms with Crippen LogP contribution in [0.5, 0.6) is 0 Å². The Balaban J connectivity index is 1.18. The first kappa shape index (κ1) is 27.7. The molecule has 1 saturated heterocycles. The topological polar surface area (TPSA) is 39.7 Å². The number of aryl methyl sites for hydroxylation is 1. The number of benzene rings is 2. The number of hydrogen-bond donors (Lipinski definition) is 0. The minimum atomic E-state index is 0.0455. The van der Waals surface area contributed by atoms with Crippen LogP contribution in [0.3, 0.4) is 0 Å². The van der Waals surface area contributed by atoms with Crippen molar-refractivity contribution in [3.63, 3.8) is 0 Å². The van der Waals surface area contributed by atoms with Crippen LogP contribution in [0.1, 0.15) is 54.6 Å². The molecule has 200 valence electrons. The fourth-order valence-electron chi connectivity index (χ4n) is 5.16. The van der Waals surface area contributed by atoms with Gasteiger partial charge in [0.05, 0.1) is 6.04 Å². The number of aromatic nitrogens is 1. The number of piperazine rings is 1. The summed E-state index contributed by atoms with van der Waals surface area (Å²) >= 11 is 0. The van der Waals surface area contributed by atoms with Crippen LogP contribution in [-0.2, 0) is 11.2 Å². The van der Waals surface area contributed by atoms with Crippen LogP contribution in [0.2, 0.25) is 0 Å². The number of carbonyl (C=O) groups is 1. The Morgan fingerprint density at radius 3 is 2.16 bits per heavy atom. The summed E-state index contributed by atoms with van der Waals surface area (Å²) in [6, 6.07) is 26.1. The van der Waals surface area contributed by atoms with Gasteiger partial charge in [0.1, 0.15) is 0 Å². The molecule has 1 aliphatic rings. The molecule has 0 bridgehead atoms. The van der Waals surface area contributed by atoms with Gasteiger partial charge in [-0.15, -0.1) is 0 Å². The fraction of sp³-hybridized carbons (Fsp3) is 0.394. The molecule has 1 amide bonds. The van der Waals surface area contributed by atoms with Crippen molar-refractivity contribution in [2.75, 3.05) is 46.3 Å². The fourth-order valence-corrected chi connectivity index (χ4v) is 5.16. The van der Waals surface area contributed by atoms with Crippen molar-refractivity contribution in [3.05, 3.63) is 107 Å². The molecule has 0 spiro atoms. The van der Waals surface area contributed by atoms with E-state index in [2.05, 4.69) is 82.4 Å². The Bertz CT molecular complexity index is 1080. The molecule has 1 aliphatic heterocycles. The largest absolute Gasteiger partial charge is 0.342 e. The number of amides is 1. The maximum atomic E-state index is 12.5. The molecule has 1 aromatic heterocycles. The molecule has 0 atom stereocenters. The quantitative estimate of drug-likeness (QED) is 0.232. The van der Waals surface area contributed by atoms with Crippen LogP contribution in [0, 0.1) is 0 Å². The van der Waals surface area contributed by atoms with Crippen LogP contribution >= 0.6 is 0 Å². The van der Waals surface area contributed by atoms with E-state index in [0.29, 0.717) is 6.04 Å². The van der Waals surface area contributed by atoms with E-state index in [1.165, 1.54) is 11.1 Å². The van der Waals surface area contributed by atoms with Gasteiger partial charge in [0.2, 0.25) is 5.91 Å². The molecule has 4 rings (SSSR count). The van der Waals surface area contributed by atoms with Crippen LogP contribution in [0.15, 0.2) is 85.1 Å². The SMILES string of the molecule is CCCc1ccc(/C=C/C(=O)N(C)CCCCN2CCN(C(c3ccccc3)c3ccccc3)CC2)cn1. The third kappa shape index (κ3) is 8.11. The maximum Gasteiger partial charge on any atom is 0.246 e. The smallest absolute Gasteiger partial charge is 0.246 e. The predicted octanol–water partition coefficient (Wildman–Crippen LogP) is 5.69. The Hall–Kier alpha value is -3.28. The van der Waals surface area contributed by atoms with Crippen LogP contribution in [0.25, 0.3) is 6.08 Å². The van der Waals surface area contributed by atoms with Crippen LogP contribution < -0.4 is 0 Å². The van der Waals surface area contributed by atoms with Crippen molar-refractivity contribution in [2.24, 2.45) is 0 Å². The summed E-state index contributed by atoms with van der Waals surface area (Å²) in [7, 11) is 1.89. The van der Waals surface area contributed by atoms with Gasteiger partial charge in [-0.25, -0.2) is 0 Å². The zero-order valence-electron chi connectivity index (χ0n) is 23.0. The van der Waals surface area contributed by atoms with Crippen molar-refractivity contribution in [2.45, 2.75) is 38.6 Å². The van der Waals surface area contributed by atoms with Crippen LogP contribution in [0.4, 0.5) is 0 Å². The molecule has 0 N–H and O–H groups in total. The molecule has 0 saturated carbocycles. The lowest BCUT2D eigenvalue weighted by molar-refractivity contribution is -0.124. The lowest BCUT2D eigenvalue weighted by Gasteiger charge is -2.40. The van der Waals surface area contributed by atoms with Gasteiger partial charge in [-0.3, -0.25) is 14.7 Å². The Labute approximate surface area is 228 Å². The van der Waals surface area contributed by atoms with Gasteiger partial charge in [0, 0.05) is 57.7 Å². The van der Waals surface area contributed by atoms with Crippen LogP contribution in [-0.4, -0.2) is 71.9 Å². The number of hydrogen-bond acceptors (Lipinski definition) is 4. The van der Waals surface area contributed by atoms with E-state index < -0.39 is 0 Å². The summed E-state index contributed by atoms with van der Waals surface area (Å²) in [5.41, 5.74) is 4.78. The van der Waals surface area contributed by atoms with Gasteiger partial charge >= 0.3 is 0 Å². The van der Waals surface area contributed by atoms with Gasteiger partial charge in [-0.1, -0.05) is 80.1 Å². The monoisotopic (exact) mass is 510 g/mol. The second kappa shape index (κ2) is 14.6. The van der Waals surface area contributed by atoms with E-state index in [0.717, 1.165) is 76.2 Å².